The fourth-order valence-electron chi connectivity index (χ4n) is 2.71. The molecule has 0 aromatic heterocycles. The molecule has 4 nitrogen and oxygen atoms in total. The Bertz CT molecular complexity index is 517. The molecule has 1 aliphatic rings. The zero-order valence-corrected chi connectivity index (χ0v) is 14.9. The average Bonchev–Trinajstić information content (AvgIpc) is 2.54. The van der Waals surface area contributed by atoms with E-state index in [1.165, 1.54) is 0 Å². The molecule has 0 amide bonds. The Morgan fingerprint density at radius 1 is 1.30 bits per heavy atom. The van der Waals surface area contributed by atoms with Crippen LogP contribution in [0.15, 0.2) is 18.2 Å². The standard InChI is InChI=1S/C17H23Cl2NO3/c1-2-22-17(21)13-6-9-20(10-7-13)8-3-11-23-16-5-4-14(18)12-15(16)19/h4-5,12-13H,2-3,6-11H2,1H3. The predicted octanol–water partition coefficient (Wildman–Crippen LogP) is 4.04. The number of hydrogen-bond donors (Lipinski definition) is 0. The average molecular weight is 360 g/mol. The Balaban J connectivity index is 1.63. The fraction of sp³-hybridized carbons (Fsp3) is 0.588. The second-order valence-electron chi connectivity index (χ2n) is 5.64. The van der Waals surface area contributed by atoms with Gasteiger partial charge in [0.1, 0.15) is 5.75 Å². The van der Waals surface area contributed by atoms with Crippen LogP contribution in [0.5, 0.6) is 5.75 Å². The SMILES string of the molecule is CCOC(=O)C1CCN(CCCOc2ccc(Cl)cc2Cl)CC1. The molecule has 0 unspecified atom stereocenters. The molecule has 0 aliphatic carbocycles. The third kappa shape index (κ3) is 5.87. The lowest BCUT2D eigenvalue weighted by molar-refractivity contribution is -0.149. The summed E-state index contributed by atoms with van der Waals surface area (Å²) >= 11 is 11.9. The lowest BCUT2D eigenvalue weighted by atomic mass is 9.97. The summed E-state index contributed by atoms with van der Waals surface area (Å²) in [5.41, 5.74) is 0. The summed E-state index contributed by atoms with van der Waals surface area (Å²) in [7, 11) is 0. The van der Waals surface area contributed by atoms with Gasteiger partial charge < -0.3 is 14.4 Å². The van der Waals surface area contributed by atoms with Gasteiger partial charge in [-0.3, -0.25) is 4.79 Å². The van der Waals surface area contributed by atoms with Crippen molar-refractivity contribution < 1.29 is 14.3 Å². The minimum atomic E-state index is -0.0483. The maximum atomic E-state index is 11.7. The van der Waals surface area contributed by atoms with Crippen molar-refractivity contribution >= 4 is 29.2 Å². The number of benzene rings is 1. The number of nitrogens with zero attached hydrogens (tertiary/aromatic N) is 1. The number of likely N-dealkylation sites (tertiary alicyclic amines) is 1. The van der Waals surface area contributed by atoms with Gasteiger partial charge in [0, 0.05) is 11.6 Å². The van der Waals surface area contributed by atoms with Crippen LogP contribution in [0.2, 0.25) is 10.0 Å². The van der Waals surface area contributed by atoms with E-state index in [4.69, 9.17) is 32.7 Å². The number of carbonyl (C=O) groups excluding carboxylic acids is 1. The molecule has 1 heterocycles. The van der Waals surface area contributed by atoms with E-state index in [1.54, 1.807) is 18.2 Å². The smallest absolute Gasteiger partial charge is 0.309 e. The number of piperidine rings is 1. The molecule has 6 heteroatoms. The lowest BCUT2D eigenvalue weighted by Crippen LogP contribution is -2.37. The van der Waals surface area contributed by atoms with Crippen LogP contribution in [-0.2, 0) is 9.53 Å². The van der Waals surface area contributed by atoms with Crippen LogP contribution in [-0.4, -0.2) is 43.7 Å². The van der Waals surface area contributed by atoms with Gasteiger partial charge in [-0.1, -0.05) is 23.2 Å². The maximum Gasteiger partial charge on any atom is 0.309 e. The summed E-state index contributed by atoms with van der Waals surface area (Å²) in [5.74, 6) is 0.681. The number of esters is 1. The Hall–Kier alpha value is -0.970. The summed E-state index contributed by atoms with van der Waals surface area (Å²) in [5, 5.41) is 1.14. The van der Waals surface area contributed by atoms with Crippen molar-refractivity contribution in [3.05, 3.63) is 28.2 Å². The number of carbonyl (C=O) groups is 1. The van der Waals surface area contributed by atoms with E-state index < -0.39 is 0 Å². The number of hydrogen-bond acceptors (Lipinski definition) is 4. The van der Waals surface area contributed by atoms with E-state index in [9.17, 15) is 4.79 Å². The summed E-state index contributed by atoms with van der Waals surface area (Å²) in [6.45, 7) is 5.75. The van der Waals surface area contributed by atoms with Gasteiger partial charge in [0.2, 0.25) is 0 Å². The molecule has 1 aromatic rings. The minimum absolute atomic E-state index is 0.0483. The normalized spacial score (nSPS) is 16.3. The number of halogens is 2. The largest absolute Gasteiger partial charge is 0.492 e. The topological polar surface area (TPSA) is 38.8 Å². The van der Waals surface area contributed by atoms with Crippen LogP contribution in [0.25, 0.3) is 0 Å². The molecule has 0 bridgehead atoms. The molecule has 1 aromatic carbocycles. The molecule has 0 spiro atoms. The van der Waals surface area contributed by atoms with Crippen molar-refractivity contribution in [2.45, 2.75) is 26.2 Å². The molecule has 23 heavy (non-hydrogen) atoms. The molecule has 0 N–H and O–H groups in total. The molecular weight excluding hydrogens is 337 g/mol. The van der Waals surface area contributed by atoms with E-state index in [0.717, 1.165) is 38.9 Å². The summed E-state index contributed by atoms with van der Waals surface area (Å²) in [4.78, 5) is 14.1. The Labute approximate surface area is 147 Å². The monoisotopic (exact) mass is 359 g/mol. The quantitative estimate of drug-likeness (QED) is 0.544. The van der Waals surface area contributed by atoms with Crippen molar-refractivity contribution in [2.75, 3.05) is 32.8 Å². The van der Waals surface area contributed by atoms with E-state index in [1.807, 2.05) is 6.92 Å². The van der Waals surface area contributed by atoms with Gasteiger partial charge in [-0.15, -0.1) is 0 Å². The highest BCUT2D eigenvalue weighted by Gasteiger charge is 2.25. The van der Waals surface area contributed by atoms with E-state index >= 15 is 0 Å². The molecule has 2 rings (SSSR count). The van der Waals surface area contributed by atoms with E-state index in [2.05, 4.69) is 4.90 Å². The zero-order valence-electron chi connectivity index (χ0n) is 13.4. The Morgan fingerprint density at radius 3 is 2.70 bits per heavy atom. The van der Waals surface area contributed by atoms with Crippen molar-refractivity contribution in [2.24, 2.45) is 5.92 Å². The first-order valence-electron chi connectivity index (χ1n) is 8.07. The highest BCUT2D eigenvalue weighted by molar-refractivity contribution is 6.35. The van der Waals surface area contributed by atoms with Crippen molar-refractivity contribution in [1.29, 1.82) is 0 Å². The first-order chi connectivity index (χ1) is 11.1. The van der Waals surface area contributed by atoms with Crippen molar-refractivity contribution in [3.63, 3.8) is 0 Å². The van der Waals surface area contributed by atoms with Gasteiger partial charge >= 0.3 is 5.97 Å². The molecule has 1 saturated heterocycles. The first-order valence-corrected chi connectivity index (χ1v) is 8.82. The predicted molar refractivity (Wildman–Crippen MR) is 92.4 cm³/mol. The van der Waals surface area contributed by atoms with Crippen LogP contribution in [0, 0.1) is 5.92 Å². The third-order valence-corrected chi connectivity index (χ3v) is 4.51. The van der Waals surface area contributed by atoms with Gasteiger partial charge in [0.15, 0.2) is 0 Å². The van der Waals surface area contributed by atoms with Crippen LogP contribution < -0.4 is 4.74 Å². The zero-order chi connectivity index (χ0) is 16.7. The minimum Gasteiger partial charge on any atom is -0.492 e. The van der Waals surface area contributed by atoms with Crippen LogP contribution in [0.1, 0.15) is 26.2 Å². The van der Waals surface area contributed by atoms with Gasteiger partial charge in [-0.2, -0.15) is 0 Å². The summed E-state index contributed by atoms with van der Waals surface area (Å²) in [6, 6.07) is 5.23. The number of ether oxygens (including phenoxy) is 2. The van der Waals surface area contributed by atoms with Gasteiger partial charge in [0.25, 0.3) is 0 Å². The van der Waals surface area contributed by atoms with E-state index in [0.29, 0.717) is 29.0 Å². The fourth-order valence-corrected chi connectivity index (χ4v) is 3.18. The van der Waals surface area contributed by atoms with Crippen molar-refractivity contribution in [1.82, 2.24) is 4.90 Å². The Kier molecular flexibility index (Phi) is 7.47. The third-order valence-electron chi connectivity index (χ3n) is 3.98. The first kappa shape index (κ1) is 18.4. The molecular formula is C17H23Cl2NO3. The lowest BCUT2D eigenvalue weighted by Gasteiger charge is -2.30. The van der Waals surface area contributed by atoms with Crippen LogP contribution >= 0.6 is 23.2 Å². The second kappa shape index (κ2) is 9.36. The molecule has 0 atom stereocenters. The van der Waals surface area contributed by atoms with E-state index in [-0.39, 0.29) is 11.9 Å². The van der Waals surface area contributed by atoms with Crippen LogP contribution in [0.3, 0.4) is 0 Å². The molecule has 0 saturated carbocycles. The van der Waals surface area contributed by atoms with Crippen molar-refractivity contribution in [3.8, 4) is 5.75 Å². The van der Waals surface area contributed by atoms with Crippen LogP contribution in [0.4, 0.5) is 0 Å². The summed E-state index contributed by atoms with van der Waals surface area (Å²) < 4.78 is 10.8. The van der Waals surface area contributed by atoms with Gasteiger partial charge in [-0.05, 0) is 57.5 Å². The highest BCUT2D eigenvalue weighted by Crippen LogP contribution is 2.27. The molecule has 1 aliphatic heterocycles. The van der Waals surface area contributed by atoms with Gasteiger partial charge in [-0.25, -0.2) is 0 Å². The molecule has 0 radical (unpaired) electrons. The maximum absolute atomic E-state index is 11.7. The van der Waals surface area contributed by atoms with Gasteiger partial charge in [0.05, 0.1) is 24.2 Å². The number of rotatable bonds is 7. The molecule has 1 fully saturated rings. The molecule has 128 valence electrons. The Morgan fingerprint density at radius 2 is 2.04 bits per heavy atom. The highest BCUT2D eigenvalue weighted by atomic mass is 35.5. The second-order valence-corrected chi connectivity index (χ2v) is 6.49. The summed E-state index contributed by atoms with van der Waals surface area (Å²) in [6.07, 6.45) is 2.68.